The van der Waals surface area contributed by atoms with Gasteiger partial charge in [-0.15, -0.1) is 0 Å². The van der Waals surface area contributed by atoms with E-state index in [0.717, 1.165) is 6.07 Å². The van der Waals surface area contributed by atoms with Crippen LogP contribution in [0.3, 0.4) is 0 Å². The van der Waals surface area contributed by atoms with Gasteiger partial charge >= 0.3 is 6.03 Å². The summed E-state index contributed by atoms with van der Waals surface area (Å²) < 4.78 is 27.6. The van der Waals surface area contributed by atoms with Gasteiger partial charge in [0.1, 0.15) is 29.4 Å². The zero-order valence-electron chi connectivity index (χ0n) is 16.0. The Hall–Kier alpha value is -3.49. The molecule has 0 aliphatic carbocycles. The quantitative estimate of drug-likeness (QED) is 0.488. The van der Waals surface area contributed by atoms with Gasteiger partial charge in [-0.2, -0.15) is 0 Å². The Bertz CT molecular complexity index is 1020. The van der Waals surface area contributed by atoms with Crippen LogP contribution in [0.15, 0.2) is 42.7 Å². The van der Waals surface area contributed by atoms with Gasteiger partial charge in [0, 0.05) is 30.1 Å². The number of nitrogens with zero attached hydrogens (tertiary/aromatic N) is 2. The second-order valence-corrected chi connectivity index (χ2v) is 7.10. The van der Waals surface area contributed by atoms with Crippen molar-refractivity contribution in [1.82, 2.24) is 15.3 Å². The number of phenolic OH excluding ortho intramolecular Hbond substituents is 1. The number of hydrogen-bond donors (Lipinski definition) is 4. The number of benzene rings is 2. The van der Waals surface area contributed by atoms with E-state index in [4.69, 9.17) is 0 Å². The summed E-state index contributed by atoms with van der Waals surface area (Å²) in [4.78, 5) is 19.9. The molecule has 0 bridgehead atoms. The highest BCUT2D eigenvalue weighted by molar-refractivity contribution is 5.92. The lowest BCUT2D eigenvalue weighted by atomic mass is 10.1. The third kappa shape index (κ3) is 5.50. The average Bonchev–Trinajstić information content (AvgIpc) is 2.62. The average molecular weight is 401 g/mol. The largest absolute Gasteiger partial charge is 0.508 e. The highest BCUT2D eigenvalue weighted by Gasteiger charge is 2.15. The molecule has 3 aromatic rings. The molecule has 0 aliphatic rings. The molecule has 0 radical (unpaired) electrons. The van der Waals surface area contributed by atoms with Crippen LogP contribution in [0.2, 0.25) is 0 Å². The van der Waals surface area contributed by atoms with E-state index in [1.165, 1.54) is 26.2 Å². The van der Waals surface area contributed by atoms with Crippen molar-refractivity contribution in [1.29, 1.82) is 0 Å². The minimum Gasteiger partial charge on any atom is -0.508 e. The number of carbonyl (C=O) groups excluding carboxylic acids is 1. The lowest BCUT2D eigenvalue weighted by molar-refractivity contribution is 0.200. The van der Waals surface area contributed by atoms with E-state index in [-0.39, 0.29) is 35.4 Å². The molecule has 2 amide bonds. The van der Waals surface area contributed by atoms with Gasteiger partial charge in [-0.1, -0.05) is 0 Å². The molecule has 0 unspecified atom stereocenters. The van der Waals surface area contributed by atoms with E-state index >= 15 is 0 Å². The minimum atomic E-state index is -1.34. The number of phenols is 1. The van der Waals surface area contributed by atoms with Crippen molar-refractivity contribution in [3.05, 3.63) is 48.5 Å². The second kappa shape index (κ2) is 8.26. The molecule has 0 saturated heterocycles. The van der Waals surface area contributed by atoms with Crippen LogP contribution in [0.4, 0.5) is 30.8 Å². The number of fused-ring (bicyclic) bond motifs is 1. The van der Waals surface area contributed by atoms with E-state index < -0.39 is 17.5 Å². The first kappa shape index (κ1) is 20.2. The molecule has 0 aliphatic heterocycles. The Morgan fingerprint density at radius 3 is 2.52 bits per heavy atom. The number of anilines is 3. The molecule has 2 aromatic carbocycles. The van der Waals surface area contributed by atoms with Gasteiger partial charge in [0.2, 0.25) is 0 Å². The molecule has 152 valence electrons. The number of alkyl halides is 1. The zero-order valence-corrected chi connectivity index (χ0v) is 16.0. The molecule has 0 saturated carbocycles. The Morgan fingerprint density at radius 2 is 1.83 bits per heavy atom. The van der Waals surface area contributed by atoms with Crippen molar-refractivity contribution < 1.29 is 18.7 Å². The van der Waals surface area contributed by atoms with E-state index in [0.29, 0.717) is 11.4 Å². The molecule has 29 heavy (non-hydrogen) atoms. The van der Waals surface area contributed by atoms with Crippen molar-refractivity contribution in [3.8, 4) is 5.75 Å². The lowest BCUT2D eigenvalue weighted by Gasteiger charge is -2.14. The van der Waals surface area contributed by atoms with Gasteiger partial charge in [-0.05, 0) is 44.5 Å². The summed E-state index contributed by atoms with van der Waals surface area (Å²) in [6.07, 6.45) is 1.48. The number of nitrogens with one attached hydrogen (secondary N) is 3. The monoisotopic (exact) mass is 401 g/mol. The minimum absolute atomic E-state index is 0.155. The summed E-state index contributed by atoms with van der Waals surface area (Å²) in [5.74, 6) is -0.613. The van der Waals surface area contributed by atoms with Crippen molar-refractivity contribution in [2.75, 3.05) is 17.2 Å². The third-order valence-electron chi connectivity index (χ3n) is 4.09. The van der Waals surface area contributed by atoms with Crippen molar-refractivity contribution >= 4 is 34.1 Å². The molecule has 1 aromatic heterocycles. The van der Waals surface area contributed by atoms with Crippen molar-refractivity contribution in [2.45, 2.75) is 25.9 Å². The van der Waals surface area contributed by atoms with Crippen LogP contribution in [0.1, 0.15) is 20.3 Å². The standard InChI is InChI=1S/C20H21F2N5O2/c1-20(2,22)7-8-23-19(29)27-13-5-3-12(4-6-13)26-18-17-15(21)9-14(28)10-16(17)24-11-25-18/h3-6,9-11,28H,7-8H2,1-2H3,(H2,23,27,29)(H,24,25,26). The smallest absolute Gasteiger partial charge is 0.319 e. The first-order valence-electron chi connectivity index (χ1n) is 8.95. The number of amides is 2. The van der Waals surface area contributed by atoms with Crippen molar-refractivity contribution in [3.63, 3.8) is 0 Å². The number of rotatable bonds is 6. The maximum atomic E-state index is 14.2. The lowest BCUT2D eigenvalue weighted by Crippen LogP contribution is -2.32. The van der Waals surface area contributed by atoms with E-state index in [9.17, 15) is 18.7 Å². The van der Waals surface area contributed by atoms with E-state index in [1.807, 2.05) is 0 Å². The SMILES string of the molecule is CC(C)(F)CCNC(=O)Nc1ccc(Nc2ncnc3cc(O)cc(F)c23)cc1. The molecule has 0 spiro atoms. The summed E-state index contributed by atoms with van der Waals surface area (Å²) >= 11 is 0. The molecule has 0 fully saturated rings. The van der Waals surface area contributed by atoms with Gasteiger partial charge < -0.3 is 21.1 Å². The van der Waals surface area contributed by atoms with Gasteiger partial charge in [0.15, 0.2) is 0 Å². The predicted molar refractivity (Wildman–Crippen MR) is 108 cm³/mol. The van der Waals surface area contributed by atoms with Crippen LogP contribution in [0.25, 0.3) is 10.9 Å². The molecule has 7 nitrogen and oxygen atoms in total. The first-order valence-corrected chi connectivity index (χ1v) is 8.95. The number of urea groups is 1. The zero-order chi connectivity index (χ0) is 21.0. The maximum absolute atomic E-state index is 14.2. The molecular formula is C20H21F2N5O2. The highest BCUT2D eigenvalue weighted by Crippen LogP contribution is 2.29. The Morgan fingerprint density at radius 1 is 1.14 bits per heavy atom. The molecule has 1 heterocycles. The van der Waals surface area contributed by atoms with Gasteiger partial charge in [0.05, 0.1) is 10.9 Å². The van der Waals surface area contributed by atoms with Gasteiger partial charge in [0.25, 0.3) is 0 Å². The fourth-order valence-corrected chi connectivity index (χ4v) is 2.64. The fourth-order valence-electron chi connectivity index (χ4n) is 2.64. The fraction of sp³-hybridized carbons (Fsp3) is 0.250. The number of aromatic nitrogens is 2. The summed E-state index contributed by atoms with van der Waals surface area (Å²) in [6, 6.07) is 8.60. The molecule has 9 heteroatoms. The van der Waals surface area contributed by atoms with Gasteiger partial charge in [-0.25, -0.2) is 23.5 Å². The topological polar surface area (TPSA) is 99.2 Å². The van der Waals surface area contributed by atoms with Crippen LogP contribution in [-0.2, 0) is 0 Å². The first-order chi connectivity index (χ1) is 13.7. The summed E-state index contributed by atoms with van der Waals surface area (Å²) in [6.45, 7) is 3.12. The second-order valence-electron chi connectivity index (χ2n) is 7.10. The molecule has 0 atom stereocenters. The number of carbonyl (C=O) groups is 1. The van der Waals surface area contributed by atoms with Crippen LogP contribution in [-0.4, -0.2) is 33.3 Å². The van der Waals surface area contributed by atoms with Crippen LogP contribution < -0.4 is 16.0 Å². The highest BCUT2D eigenvalue weighted by atomic mass is 19.1. The molecular weight excluding hydrogens is 380 g/mol. The summed E-state index contributed by atoms with van der Waals surface area (Å²) in [7, 11) is 0. The van der Waals surface area contributed by atoms with Crippen molar-refractivity contribution in [2.24, 2.45) is 0 Å². The van der Waals surface area contributed by atoms with Gasteiger partial charge in [-0.3, -0.25) is 0 Å². The van der Waals surface area contributed by atoms with E-state index in [1.54, 1.807) is 24.3 Å². The summed E-state index contributed by atoms with van der Waals surface area (Å²) in [5.41, 5.74) is 0.0782. The predicted octanol–water partition coefficient (Wildman–Crippen LogP) is 4.48. The molecule has 4 N–H and O–H groups in total. The Labute approximate surface area is 166 Å². The number of halogens is 2. The number of aromatic hydroxyl groups is 1. The Kier molecular flexibility index (Phi) is 5.76. The number of hydrogen-bond acceptors (Lipinski definition) is 5. The molecule has 3 rings (SSSR count). The van der Waals surface area contributed by atoms with Crippen LogP contribution in [0, 0.1) is 5.82 Å². The normalized spacial score (nSPS) is 11.3. The third-order valence-corrected chi connectivity index (χ3v) is 4.09. The van der Waals surface area contributed by atoms with Crippen LogP contribution in [0.5, 0.6) is 5.75 Å². The summed E-state index contributed by atoms with van der Waals surface area (Å²) in [5, 5.41) is 17.9. The maximum Gasteiger partial charge on any atom is 0.319 e. The Balaban J connectivity index is 1.66. The van der Waals surface area contributed by atoms with Crippen LogP contribution >= 0.6 is 0 Å². The van der Waals surface area contributed by atoms with E-state index in [2.05, 4.69) is 25.9 Å².